The Morgan fingerprint density at radius 3 is 2.48 bits per heavy atom. The molecule has 1 aliphatic rings. The second-order valence-electron chi connectivity index (χ2n) is 8.05. The van der Waals surface area contributed by atoms with Crippen molar-refractivity contribution in [2.45, 2.75) is 6.92 Å². The third-order valence-corrected chi connectivity index (χ3v) is 5.75. The molecule has 0 atom stereocenters. The van der Waals surface area contributed by atoms with Gasteiger partial charge in [-0.2, -0.15) is 0 Å². The lowest BCUT2D eigenvalue weighted by molar-refractivity contribution is 0.102. The Balaban J connectivity index is 1.51. The van der Waals surface area contributed by atoms with Gasteiger partial charge in [0.15, 0.2) is 0 Å². The van der Waals surface area contributed by atoms with Crippen molar-refractivity contribution in [1.29, 1.82) is 0 Å². The van der Waals surface area contributed by atoms with Crippen LogP contribution >= 0.6 is 0 Å². The van der Waals surface area contributed by atoms with E-state index in [-0.39, 0.29) is 5.56 Å². The number of H-pyrrole nitrogens is 1. The van der Waals surface area contributed by atoms with Gasteiger partial charge in [0.25, 0.3) is 11.5 Å². The number of rotatable bonds is 6. The Hall–Kier alpha value is -3.85. The minimum atomic E-state index is -0.495. The average Bonchev–Trinajstić information content (AvgIpc) is 2.81. The number of methoxy groups -OCH3 is 1. The van der Waals surface area contributed by atoms with E-state index in [1.54, 1.807) is 25.4 Å². The van der Waals surface area contributed by atoms with Crippen LogP contribution in [0, 0.1) is 6.92 Å². The number of carbonyl (C=O) groups is 1. The number of aromatic nitrogens is 2. The van der Waals surface area contributed by atoms with Crippen LogP contribution in [0.25, 0.3) is 0 Å². The van der Waals surface area contributed by atoms with Gasteiger partial charge in [-0.3, -0.25) is 9.59 Å². The summed E-state index contributed by atoms with van der Waals surface area (Å²) in [6.07, 6.45) is 3.10. The third kappa shape index (κ3) is 5.15. The third-order valence-electron chi connectivity index (χ3n) is 5.75. The van der Waals surface area contributed by atoms with Crippen molar-refractivity contribution in [2.75, 3.05) is 55.9 Å². The van der Waals surface area contributed by atoms with E-state index in [9.17, 15) is 9.59 Å². The number of aromatic amines is 1. The van der Waals surface area contributed by atoms with E-state index in [4.69, 9.17) is 4.74 Å². The van der Waals surface area contributed by atoms with Crippen molar-refractivity contribution in [1.82, 2.24) is 14.9 Å². The summed E-state index contributed by atoms with van der Waals surface area (Å²) < 4.78 is 5.14. The minimum absolute atomic E-state index is 0.00383. The molecule has 172 valence electrons. The smallest absolute Gasteiger partial charge is 0.263 e. The molecule has 2 aromatic heterocycles. The maximum absolute atomic E-state index is 13.0. The first-order valence-electron chi connectivity index (χ1n) is 10.8. The molecule has 9 heteroatoms. The predicted molar refractivity (Wildman–Crippen MR) is 130 cm³/mol. The highest BCUT2D eigenvalue weighted by molar-refractivity contribution is 6.08. The number of anilines is 4. The van der Waals surface area contributed by atoms with Crippen LogP contribution in [0.15, 0.2) is 53.6 Å². The lowest BCUT2D eigenvalue weighted by Gasteiger charge is -2.34. The van der Waals surface area contributed by atoms with Crippen LogP contribution in [-0.2, 0) is 0 Å². The van der Waals surface area contributed by atoms with Crippen LogP contribution in [0.4, 0.5) is 22.7 Å². The van der Waals surface area contributed by atoms with Crippen LogP contribution in [0.5, 0.6) is 5.88 Å². The van der Waals surface area contributed by atoms with Gasteiger partial charge in [-0.05, 0) is 49.9 Å². The number of nitrogens with zero attached hydrogens (tertiary/aromatic N) is 3. The molecular weight excluding hydrogens is 420 g/mol. The normalized spacial score (nSPS) is 14.1. The molecule has 33 heavy (non-hydrogen) atoms. The first-order valence-corrected chi connectivity index (χ1v) is 10.8. The number of aryl methyl sites for hydroxylation is 1. The van der Waals surface area contributed by atoms with E-state index >= 15 is 0 Å². The first kappa shape index (κ1) is 22.3. The van der Waals surface area contributed by atoms with Gasteiger partial charge < -0.3 is 30.2 Å². The summed E-state index contributed by atoms with van der Waals surface area (Å²) in [5.41, 5.74) is 3.18. The highest BCUT2D eigenvalue weighted by Gasteiger charge is 2.18. The lowest BCUT2D eigenvalue weighted by atomic mass is 10.1. The molecule has 0 radical (unpaired) electrons. The van der Waals surface area contributed by atoms with Crippen molar-refractivity contribution in [3.05, 3.63) is 70.3 Å². The zero-order valence-electron chi connectivity index (χ0n) is 19.0. The van der Waals surface area contributed by atoms with Crippen LogP contribution in [0.1, 0.15) is 15.9 Å². The molecule has 0 aliphatic carbocycles. The Morgan fingerprint density at radius 1 is 1.09 bits per heavy atom. The zero-order chi connectivity index (χ0) is 23.4. The molecule has 4 rings (SSSR count). The molecule has 1 aromatic carbocycles. The van der Waals surface area contributed by atoms with Gasteiger partial charge in [0, 0.05) is 49.8 Å². The summed E-state index contributed by atoms with van der Waals surface area (Å²) in [6.45, 7) is 5.87. The van der Waals surface area contributed by atoms with Gasteiger partial charge in [-0.25, -0.2) is 4.98 Å². The van der Waals surface area contributed by atoms with E-state index in [1.807, 2.05) is 31.2 Å². The summed E-state index contributed by atoms with van der Waals surface area (Å²) in [5, 5.41) is 5.98. The fraction of sp³-hybridized carbons (Fsp3) is 0.292. The fourth-order valence-electron chi connectivity index (χ4n) is 3.74. The number of likely N-dealkylation sites (N-methyl/N-ethyl adjacent to an activating group) is 1. The molecule has 3 N–H and O–H groups in total. The van der Waals surface area contributed by atoms with E-state index in [0.717, 1.165) is 37.4 Å². The summed E-state index contributed by atoms with van der Waals surface area (Å²) in [6, 6.07) is 11.1. The molecule has 0 unspecified atom stereocenters. The number of hydrogen-bond acceptors (Lipinski definition) is 7. The van der Waals surface area contributed by atoms with Crippen molar-refractivity contribution in [2.24, 2.45) is 0 Å². The highest BCUT2D eigenvalue weighted by atomic mass is 16.5. The largest absolute Gasteiger partial charge is 0.481 e. The molecule has 1 fully saturated rings. The van der Waals surface area contributed by atoms with Crippen LogP contribution in [0.3, 0.4) is 0 Å². The fourth-order valence-corrected chi connectivity index (χ4v) is 3.74. The first-order chi connectivity index (χ1) is 15.9. The molecule has 0 saturated carbocycles. The lowest BCUT2D eigenvalue weighted by Crippen LogP contribution is -2.44. The monoisotopic (exact) mass is 448 g/mol. The van der Waals surface area contributed by atoms with Gasteiger partial charge in [0.2, 0.25) is 5.88 Å². The molecular formula is C24H28N6O3. The average molecular weight is 449 g/mol. The van der Waals surface area contributed by atoms with Gasteiger partial charge in [0.05, 0.1) is 24.7 Å². The van der Waals surface area contributed by atoms with Crippen LogP contribution in [-0.4, -0.2) is 61.1 Å². The molecule has 1 aliphatic heterocycles. The number of nitrogens with one attached hydrogen (secondary N) is 3. The summed E-state index contributed by atoms with van der Waals surface area (Å²) in [7, 11) is 3.67. The molecule has 3 heterocycles. The standard InChI is InChI=1S/C24H28N6O3/c1-16-14-21(33-3)26-15-20(16)28-19-8-9-25-23(31)22(19)24(32)27-17-4-6-18(7-5-17)30-12-10-29(2)11-13-30/h4-9,14-15H,10-13H2,1-3H3,(H,27,32)(H2,25,28,31). The number of amides is 1. The Kier molecular flexibility index (Phi) is 6.60. The zero-order valence-corrected chi connectivity index (χ0v) is 19.0. The summed E-state index contributed by atoms with van der Waals surface area (Å²) >= 11 is 0. The van der Waals surface area contributed by atoms with Crippen molar-refractivity contribution >= 4 is 28.7 Å². The van der Waals surface area contributed by atoms with Crippen molar-refractivity contribution in [3.63, 3.8) is 0 Å². The Labute approximate surface area is 192 Å². The van der Waals surface area contributed by atoms with Gasteiger partial charge in [0.1, 0.15) is 5.56 Å². The number of hydrogen-bond donors (Lipinski definition) is 3. The molecule has 1 amide bonds. The number of carbonyl (C=O) groups excluding carboxylic acids is 1. The highest BCUT2D eigenvalue weighted by Crippen LogP contribution is 2.25. The summed E-state index contributed by atoms with van der Waals surface area (Å²) in [4.78, 5) is 37.0. The second kappa shape index (κ2) is 9.74. The molecule has 1 saturated heterocycles. The van der Waals surface area contributed by atoms with Gasteiger partial charge in [-0.1, -0.05) is 0 Å². The maximum Gasteiger partial charge on any atom is 0.263 e. The molecule has 0 spiro atoms. The quantitative estimate of drug-likeness (QED) is 0.533. The predicted octanol–water partition coefficient (Wildman–Crippen LogP) is 2.83. The maximum atomic E-state index is 13.0. The second-order valence-corrected chi connectivity index (χ2v) is 8.05. The summed E-state index contributed by atoms with van der Waals surface area (Å²) in [5.74, 6) is -0.00670. The SMILES string of the molecule is COc1cc(C)c(Nc2cc[nH]c(=O)c2C(=O)Nc2ccc(N3CCN(C)CC3)cc2)cn1. The van der Waals surface area contributed by atoms with E-state index in [2.05, 4.69) is 37.4 Å². The molecule has 0 bridgehead atoms. The van der Waals surface area contributed by atoms with Crippen molar-refractivity contribution < 1.29 is 9.53 Å². The van der Waals surface area contributed by atoms with Gasteiger partial charge >= 0.3 is 0 Å². The van der Waals surface area contributed by atoms with Crippen LogP contribution in [0.2, 0.25) is 0 Å². The van der Waals surface area contributed by atoms with E-state index < -0.39 is 11.5 Å². The topological polar surface area (TPSA) is 103 Å². The van der Waals surface area contributed by atoms with E-state index in [1.165, 1.54) is 6.20 Å². The van der Waals surface area contributed by atoms with E-state index in [0.29, 0.717) is 22.9 Å². The Morgan fingerprint density at radius 2 is 1.82 bits per heavy atom. The minimum Gasteiger partial charge on any atom is -0.481 e. The Bertz CT molecular complexity index is 1180. The number of benzene rings is 1. The number of piperazine rings is 1. The van der Waals surface area contributed by atoms with Crippen LogP contribution < -0.4 is 25.8 Å². The molecule has 3 aromatic rings. The molecule has 9 nitrogen and oxygen atoms in total. The van der Waals surface area contributed by atoms with Crippen molar-refractivity contribution in [3.8, 4) is 5.88 Å². The van der Waals surface area contributed by atoms with Gasteiger partial charge in [-0.15, -0.1) is 0 Å². The number of pyridine rings is 2. The number of ether oxygens (including phenoxy) is 1.